The van der Waals surface area contributed by atoms with E-state index in [1.54, 1.807) is 0 Å². The van der Waals surface area contributed by atoms with Gasteiger partial charge in [-0.05, 0) is 13.0 Å². The molecule has 88 valence electrons. The number of thioether (sulfide) groups is 1. The summed E-state index contributed by atoms with van der Waals surface area (Å²) in [4.78, 5) is 11.1. The topological polar surface area (TPSA) is 75.4 Å². The lowest BCUT2D eigenvalue weighted by atomic mass is 10.3. The van der Waals surface area contributed by atoms with Gasteiger partial charge in [0.1, 0.15) is 0 Å². The van der Waals surface area contributed by atoms with Crippen LogP contribution in [0.25, 0.3) is 0 Å². The molecule has 0 fully saturated rings. The summed E-state index contributed by atoms with van der Waals surface area (Å²) in [7, 11) is 0. The zero-order valence-electron chi connectivity index (χ0n) is 8.97. The van der Waals surface area contributed by atoms with Gasteiger partial charge in [0, 0.05) is 35.0 Å². The maximum absolute atomic E-state index is 10.7. The normalized spacial score (nSPS) is 10.1. The number of benzene rings is 1. The third-order valence-electron chi connectivity index (χ3n) is 1.84. The number of nitro benzene ring substituents is 1. The third kappa shape index (κ3) is 3.71. The average molecular weight is 242 g/mol. The molecule has 2 N–H and O–H groups in total. The van der Waals surface area contributed by atoms with Crippen molar-refractivity contribution in [3.8, 4) is 0 Å². The van der Waals surface area contributed by atoms with Gasteiger partial charge in [-0.1, -0.05) is 0 Å². The van der Waals surface area contributed by atoms with Crippen LogP contribution in [0.3, 0.4) is 0 Å². The van der Waals surface area contributed by atoms with Crippen molar-refractivity contribution in [3.05, 3.63) is 28.3 Å². The van der Waals surface area contributed by atoms with E-state index in [1.165, 1.54) is 23.9 Å². The highest BCUT2D eigenvalue weighted by molar-refractivity contribution is 7.99. The van der Waals surface area contributed by atoms with Crippen molar-refractivity contribution < 1.29 is 10.0 Å². The van der Waals surface area contributed by atoms with Gasteiger partial charge >= 0.3 is 0 Å². The molecule has 6 heteroatoms. The predicted octanol–water partition coefficient (Wildman–Crippen LogP) is 2.11. The highest BCUT2D eigenvalue weighted by Crippen LogP contribution is 2.27. The molecule has 0 aliphatic carbocycles. The largest absolute Gasteiger partial charge is 0.396 e. The molecular weight excluding hydrogens is 228 g/mol. The Balaban J connectivity index is 2.93. The molecule has 0 aromatic heterocycles. The van der Waals surface area contributed by atoms with Gasteiger partial charge in [0.05, 0.1) is 11.5 Å². The number of rotatable bonds is 6. The van der Waals surface area contributed by atoms with E-state index >= 15 is 0 Å². The van der Waals surface area contributed by atoms with Gasteiger partial charge in [-0.3, -0.25) is 10.1 Å². The molecule has 1 rings (SSSR count). The van der Waals surface area contributed by atoms with E-state index in [1.807, 2.05) is 13.0 Å². The predicted molar refractivity (Wildman–Crippen MR) is 65.1 cm³/mol. The van der Waals surface area contributed by atoms with Gasteiger partial charge in [-0.15, -0.1) is 11.8 Å². The summed E-state index contributed by atoms with van der Waals surface area (Å²) in [5, 5.41) is 22.5. The first-order valence-electron chi connectivity index (χ1n) is 4.94. The van der Waals surface area contributed by atoms with Crippen molar-refractivity contribution in [2.24, 2.45) is 0 Å². The highest BCUT2D eigenvalue weighted by atomic mass is 32.2. The minimum Gasteiger partial charge on any atom is -0.396 e. The summed E-state index contributed by atoms with van der Waals surface area (Å²) in [6, 6.07) is 4.87. The quantitative estimate of drug-likeness (QED) is 0.454. The molecule has 1 aromatic rings. The molecule has 0 amide bonds. The SMILES string of the molecule is CCNc1cc(SCCO)cc([N+](=O)[O-])c1. The fourth-order valence-corrected chi connectivity index (χ4v) is 1.98. The zero-order valence-corrected chi connectivity index (χ0v) is 9.79. The molecule has 1 aromatic carbocycles. The lowest BCUT2D eigenvalue weighted by Crippen LogP contribution is -1.98. The molecule has 0 saturated heterocycles. The number of non-ortho nitro benzene ring substituents is 1. The van der Waals surface area contributed by atoms with Crippen molar-refractivity contribution in [1.29, 1.82) is 0 Å². The Morgan fingerprint density at radius 1 is 1.50 bits per heavy atom. The van der Waals surface area contributed by atoms with Crippen LogP contribution in [0.2, 0.25) is 0 Å². The number of aliphatic hydroxyl groups is 1. The summed E-state index contributed by atoms with van der Waals surface area (Å²) in [6.07, 6.45) is 0. The van der Waals surface area contributed by atoms with E-state index in [0.717, 1.165) is 10.6 Å². The molecule has 5 nitrogen and oxygen atoms in total. The lowest BCUT2D eigenvalue weighted by molar-refractivity contribution is -0.385. The second-order valence-corrected chi connectivity index (χ2v) is 4.24. The summed E-state index contributed by atoms with van der Waals surface area (Å²) in [5.74, 6) is 0.534. The van der Waals surface area contributed by atoms with Crippen LogP contribution in [0, 0.1) is 10.1 Å². The van der Waals surface area contributed by atoms with Gasteiger partial charge in [0.25, 0.3) is 5.69 Å². The first kappa shape index (κ1) is 12.8. The van der Waals surface area contributed by atoms with Gasteiger partial charge in [0.15, 0.2) is 0 Å². The number of hydrogen-bond acceptors (Lipinski definition) is 5. The second kappa shape index (κ2) is 6.34. The number of anilines is 1. The minimum absolute atomic E-state index is 0.0594. The van der Waals surface area contributed by atoms with Gasteiger partial charge in [-0.25, -0.2) is 0 Å². The van der Waals surface area contributed by atoms with E-state index < -0.39 is 4.92 Å². The van der Waals surface area contributed by atoms with Crippen LogP contribution in [0.4, 0.5) is 11.4 Å². The number of nitrogens with one attached hydrogen (secondary N) is 1. The molecule has 16 heavy (non-hydrogen) atoms. The van der Waals surface area contributed by atoms with E-state index in [2.05, 4.69) is 5.32 Å². The Bertz CT molecular complexity index is 371. The molecule has 0 radical (unpaired) electrons. The van der Waals surface area contributed by atoms with E-state index in [-0.39, 0.29) is 12.3 Å². The van der Waals surface area contributed by atoms with E-state index in [4.69, 9.17) is 5.11 Å². The number of hydrogen-bond donors (Lipinski definition) is 2. The summed E-state index contributed by atoms with van der Waals surface area (Å²) < 4.78 is 0. The van der Waals surface area contributed by atoms with Crippen LogP contribution < -0.4 is 5.32 Å². The smallest absolute Gasteiger partial charge is 0.272 e. The molecule has 0 spiro atoms. The summed E-state index contributed by atoms with van der Waals surface area (Å²) in [5.41, 5.74) is 0.802. The van der Waals surface area contributed by atoms with Crippen LogP contribution in [-0.2, 0) is 0 Å². The zero-order chi connectivity index (χ0) is 12.0. The molecule has 0 saturated carbocycles. The maximum Gasteiger partial charge on any atom is 0.272 e. The fraction of sp³-hybridized carbons (Fsp3) is 0.400. The molecule has 0 atom stereocenters. The molecule has 0 aliphatic rings. The van der Waals surface area contributed by atoms with E-state index in [9.17, 15) is 10.1 Å². The highest BCUT2D eigenvalue weighted by Gasteiger charge is 2.09. The molecule has 0 heterocycles. The number of nitrogens with zero attached hydrogens (tertiary/aromatic N) is 1. The Labute approximate surface area is 98.0 Å². The Morgan fingerprint density at radius 2 is 2.25 bits per heavy atom. The van der Waals surface area contributed by atoms with Crippen LogP contribution in [0.5, 0.6) is 0 Å². The standard InChI is InChI=1S/C10H14N2O3S/c1-2-11-8-5-9(12(14)15)7-10(6-8)16-4-3-13/h5-7,11,13H,2-4H2,1H3. The van der Waals surface area contributed by atoms with Crippen molar-refractivity contribution in [2.75, 3.05) is 24.2 Å². The lowest BCUT2D eigenvalue weighted by Gasteiger charge is -2.06. The minimum atomic E-state index is -0.413. The van der Waals surface area contributed by atoms with Crippen LogP contribution >= 0.6 is 11.8 Å². The first-order chi connectivity index (χ1) is 7.67. The van der Waals surface area contributed by atoms with Gasteiger partial charge in [-0.2, -0.15) is 0 Å². The van der Waals surface area contributed by atoms with Crippen molar-refractivity contribution in [3.63, 3.8) is 0 Å². The van der Waals surface area contributed by atoms with Gasteiger partial charge in [0.2, 0.25) is 0 Å². The number of aliphatic hydroxyl groups excluding tert-OH is 1. The molecule has 0 unspecified atom stereocenters. The number of nitro groups is 1. The second-order valence-electron chi connectivity index (χ2n) is 3.08. The average Bonchev–Trinajstić information content (AvgIpc) is 2.26. The maximum atomic E-state index is 10.7. The monoisotopic (exact) mass is 242 g/mol. The Hall–Kier alpha value is -1.27. The first-order valence-corrected chi connectivity index (χ1v) is 5.93. The molecule has 0 aliphatic heterocycles. The van der Waals surface area contributed by atoms with Crippen LogP contribution in [0.15, 0.2) is 23.1 Å². The van der Waals surface area contributed by atoms with Crippen molar-refractivity contribution in [2.45, 2.75) is 11.8 Å². The van der Waals surface area contributed by atoms with Crippen molar-refractivity contribution >= 4 is 23.1 Å². The molecular formula is C10H14N2O3S. The third-order valence-corrected chi connectivity index (χ3v) is 2.80. The summed E-state index contributed by atoms with van der Waals surface area (Å²) >= 11 is 1.40. The Morgan fingerprint density at radius 3 is 2.81 bits per heavy atom. The Kier molecular flexibility index (Phi) is 5.07. The molecule has 0 bridgehead atoms. The van der Waals surface area contributed by atoms with E-state index in [0.29, 0.717) is 12.3 Å². The van der Waals surface area contributed by atoms with Crippen LogP contribution in [-0.4, -0.2) is 28.9 Å². The van der Waals surface area contributed by atoms with Crippen molar-refractivity contribution in [1.82, 2.24) is 0 Å². The fourth-order valence-electron chi connectivity index (χ4n) is 1.24. The van der Waals surface area contributed by atoms with Gasteiger partial charge < -0.3 is 10.4 Å². The summed E-state index contributed by atoms with van der Waals surface area (Å²) in [6.45, 7) is 2.70. The van der Waals surface area contributed by atoms with Crippen LogP contribution in [0.1, 0.15) is 6.92 Å².